The molecule has 0 fully saturated rings. The number of fused-ring (bicyclic) bond motifs is 29. The number of nitrogens with zero attached hydrogens (tertiary/aromatic N) is 6. The van der Waals surface area contributed by atoms with E-state index in [-0.39, 0.29) is 0 Å². The van der Waals surface area contributed by atoms with Crippen molar-refractivity contribution in [1.82, 2.24) is 29.9 Å². The highest BCUT2D eigenvalue weighted by molar-refractivity contribution is 6.26. The zero-order chi connectivity index (χ0) is 82.2. The summed E-state index contributed by atoms with van der Waals surface area (Å²) in [4.78, 5) is 30.5. The van der Waals surface area contributed by atoms with Crippen LogP contribution in [0.25, 0.3) is 263 Å². The highest BCUT2D eigenvalue weighted by atomic mass is 16.3. The molecule has 0 radical (unpaired) electrons. The molecule has 27 aromatic rings. The first kappa shape index (κ1) is 71.1. The molecule has 0 aliphatic rings. The molecule has 125 heavy (non-hydrogen) atoms. The summed E-state index contributed by atoms with van der Waals surface area (Å²) in [6.07, 6.45) is 5.73. The summed E-state index contributed by atoms with van der Waals surface area (Å²) in [5, 5.41) is 25.5. The van der Waals surface area contributed by atoms with Crippen LogP contribution < -0.4 is 0 Å². The molecule has 6 aromatic heterocycles. The van der Waals surface area contributed by atoms with Crippen LogP contribution in [0.2, 0.25) is 0 Å². The van der Waals surface area contributed by atoms with E-state index in [1.165, 1.54) is 81.9 Å². The fraction of sp³-hybridized carbons (Fsp3) is 0. The summed E-state index contributed by atoms with van der Waals surface area (Å²) in [6.45, 7) is 0. The molecule has 9 heteroatoms. The minimum Gasteiger partial charge on any atom is -0.456 e. The first-order valence-electron chi connectivity index (χ1n) is 42.1. The van der Waals surface area contributed by atoms with Gasteiger partial charge in [-0.1, -0.05) is 328 Å². The van der Waals surface area contributed by atoms with Gasteiger partial charge in [-0.05, 0) is 165 Å². The number of furan rings is 3. The third-order valence-electron chi connectivity index (χ3n) is 25.1. The molecular formula is C116H68N6O3. The molecule has 0 spiro atoms. The zero-order valence-electron chi connectivity index (χ0n) is 67.2. The van der Waals surface area contributed by atoms with E-state index >= 15 is 0 Å². The predicted molar refractivity (Wildman–Crippen MR) is 519 cm³/mol. The van der Waals surface area contributed by atoms with Crippen molar-refractivity contribution in [3.05, 3.63) is 413 Å². The Morgan fingerprint density at radius 3 is 0.840 bits per heavy atom. The summed E-state index contributed by atoms with van der Waals surface area (Å²) in [7, 11) is 0. The van der Waals surface area contributed by atoms with Crippen LogP contribution in [0.3, 0.4) is 0 Å². The number of aromatic nitrogens is 6. The molecule has 27 rings (SSSR count). The van der Waals surface area contributed by atoms with E-state index in [9.17, 15) is 0 Å². The van der Waals surface area contributed by atoms with E-state index in [1.54, 1.807) is 0 Å². The fourth-order valence-corrected chi connectivity index (χ4v) is 19.0. The van der Waals surface area contributed by atoms with Crippen LogP contribution in [0.5, 0.6) is 0 Å². The molecule has 0 atom stereocenters. The summed E-state index contributed by atoms with van der Waals surface area (Å²) < 4.78 is 18.1. The minimum absolute atomic E-state index is 0.872. The lowest BCUT2D eigenvalue weighted by Gasteiger charge is -2.13. The van der Waals surface area contributed by atoms with Crippen molar-refractivity contribution in [3.63, 3.8) is 0 Å². The normalized spacial score (nSPS) is 11.8. The van der Waals surface area contributed by atoms with Crippen LogP contribution in [0.1, 0.15) is 0 Å². The topological polar surface area (TPSA) is 117 Å². The van der Waals surface area contributed by atoms with E-state index in [0.29, 0.717) is 0 Å². The van der Waals surface area contributed by atoms with Gasteiger partial charge in [0, 0.05) is 81.3 Å². The van der Waals surface area contributed by atoms with Gasteiger partial charge in [0.05, 0.1) is 68.8 Å². The van der Waals surface area contributed by atoms with Crippen LogP contribution >= 0.6 is 0 Å². The standard InChI is InChI=1S/C40H24N2O.2C38H22N2O/c1-3-10-33-30(7-1)31-8-2-4-11-34(31)40-39(33)41-24-36(42-40)28-19-17-26(18-20-28)25-13-15-27(16-14-25)29-21-22-38-35(23-29)32-9-5-6-12-37(32)43-38;1-3-12-31-27(9-1)28-10-2-4-13-32(28)38-37(31)39-22-34(40-38)29-17-8-15-25-24(14-7-16-26(25)29)23-19-20-36-33(21-23)30-11-5-6-18-35(30)41-36;1-3-10-31-28(7-1)29-8-2-4-11-32(29)38-37(31)39-22-34(40-38)26-16-14-23-13-15-24(19-27(23)20-26)25-17-18-36-33(21-25)30-9-5-6-12-35(30)41-36/h1-24H;2*1-22H. The molecule has 0 saturated heterocycles. The molecule has 0 unspecified atom stereocenters. The lowest BCUT2D eigenvalue weighted by molar-refractivity contribution is 0.668. The van der Waals surface area contributed by atoms with Gasteiger partial charge >= 0.3 is 0 Å². The van der Waals surface area contributed by atoms with Crippen molar-refractivity contribution in [2.75, 3.05) is 0 Å². The third kappa shape index (κ3) is 12.0. The Kier molecular flexibility index (Phi) is 16.5. The van der Waals surface area contributed by atoms with Crippen LogP contribution in [-0.4, -0.2) is 29.9 Å². The average molecular weight is 1590 g/mol. The Balaban J connectivity index is 0.000000103. The number of benzene rings is 21. The SMILES string of the molecule is c1ccc2c(c1)oc1ccc(-c3ccc(-c4ccc(-c5cnc6c7ccccc7c7ccccc7c6n5)cc4)cc3)cc12.c1ccc2c(c1)oc1ccc(-c3ccc4ccc(-c5cnc6c7ccccc7c7ccccc7c6n5)cc4c3)cc12.c1ccc2c(c1)oc1ccc(-c3cccc4c(-c5cnc6c7ccccc7c7ccccc7c6n5)cccc34)cc12. The smallest absolute Gasteiger partial charge is 0.135 e. The molecule has 0 amide bonds. The van der Waals surface area contributed by atoms with Crippen LogP contribution in [0.4, 0.5) is 0 Å². The maximum absolute atomic E-state index is 6.08. The maximum atomic E-state index is 6.08. The van der Waals surface area contributed by atoms with Gasteiger partial charge in [-0.15, -0.1) is 0 Å². The third-order valence-corrected chi connectivity index (χ3v) is 25.1. The van der Waals surface area contributed by atoms with E-state index in [2.05, 4.69) is 358 Å². The number of para-hydroxylation sites is 3. The molecule has 0 saturated carbocycles. The van der Waals surface area contributed by atoms with Crippen molar-refractivity contribution in [2.24, 2.45) is 0 Å². The molecule has 9 nitrogen and oxygen atoms in total. The fourth-order valence-electron chi connectivity index (χ4n) is 19.0. The summed E-state index contributed by atoms with van der Waals surface area (Å²) in [6, 6.07) is 138. The predicted octanol–water partition coefficient (Wildman–Crippen LogP) is 31.5. The van der Waals surface area contributed by atoms with Crippen molar-refractivity contribution >= 4 is 185 Å². The van der Waals surface area contributed by atoms with E-state index in [1.807, 2.05) is 55.0 Å². The largest absolute Gasteiger partial charge is 0.456 e. The molecular weight excluding hydrogens is 1530 g/mol. The average Bonchev–Trinajstić information content (AvgIpc) is 1.70. The Bertz CT molecular complexity index is 9040. The van der Waals surface area contributed by atoms with Crippen LogP contribution in [0.15, 0.2) is 426 Å². The number of rotatable bonds is 7. The quantitative estimate of drug-likeness (QED) is 0.144. The van der Waals surface area contributed by atoms with E-state index < -0.39 is 0 Å². The Morgan fingerprint density at radius 2 is 0.408 bits per heavy atom. The molecule has 580 valence electrons. The zero-order valence-corrected chi connectivity index (χ0v) is 67.2. The Hall–Kier alpha value is -16.9. The molecule has 0 N–H and O–H groups in total. The Labute approximate surface area is 714 Å². The monoisotopic (exact) mass is 1590 g/mol. The van der Waals surface area contributed by atoms with Crippen molar-refractivity contribution in [3.8, 4) is 78.3 Å². The number of hydrogen-bond acceptors (Lipinski definition) is 9. The lowest BCUT2D eigenvalue weighted by Crippen LogP contribution is -1.93. The van der Waals surface area contributed by atoms with Crippen LogP contribution in [0, 0.1) is 0 Å². The van der Waals surface area contributed by atoms with Gasteiger partial charge in [0.15, 0.2) is 0 Å². The Morgan fingerprint density at radius 1 is 0.144 bits per heavy atom. The van der Waals surface area contributed by atoms with Crippen LogP contribution in [-0.2, 0) is 0 Å². The van der Waals surface area contributed by atoms with Gasteiger partial charge in [-0.2, -0.15) is 0 Å². The van der Waals surface area contributed by atoms with E-state index in [4.69, 9.17) is 43.2 Å². The van der Waals surface area contributed by atoms with Gasteiger partial charge in [-0.25, -0.2) is 15.0 Å². The molecule has 21 aromatic carbocycles. The maximum Gasteiger partial charge on any atom is 0.135 e. The first-order chi connectivity index (χ1) is 61.9. The lowest BCUT2D eigenvalue weighted by atomic mass is 9.94. The van der Waals surface area contributed by atoms with Gasteiger partial charge in [0.25, 0.3) is 0 Å². The second-order valence-electron chi connectivity index (χ2n) is 32.2. The van der Waals surface area contributed by atoms with Gasteiger partial charge < -0.3 is 13.3 Å². The molecule has 0 aliphatic carbocycles. The highest BCUT2D eigenvalue weighted by Crippen LogP contribution is 2.44. The van der Waals surface area contributed by atoms with Gasteiger partial charge in [0.2, 0.25) is 0 Å². The molecule has 6 heterocycles. The van der Waals surface area contributed by atoms with Crippen molar-refractivity contribution in [2.45, 2.75) is 0 Å². The summed E-state index contributed by atoms with van der Waals surface area (Å²) in [5.41, 5.74) is 26.3. The highest BCUT2D eigenvalue weighted by Gasteiger charge is 2.21. The summed E-state index contributed by atoms with van der Waals surface area (Å²) in [5.74, 6) is 0. The minimum atomic E-state index is 0.872. The first-order valence-corrected chi connectivity index (χ1v) is 42.1. The van der Waals surface area contributed by atoms with Gasteiger partial charge in [-0.3, -0.25) is 15.0 Å². The molecule has 0 aliphatic heterocycles. The van der Waals surface area contributed by atoms with Gasteiger partial charge in [0.1, 0.15) is 33.5 Å². The second-order valence-corrected chi connectivity index (χ2v) is 32.2. The van der Waals surface area contributed by atoms with Crippen molar-refractivity contribution < 1.29 is 13.3 Å². The number of hydrogen-bond donors (Lipinski definition) is 0. The molecule has 0 bridgehead atoms. The second kappa shape index (κ2) is 29.0. The summed E-state index contributed by atoms with van der Waals surface area (Å²) >= 11 is 0. The van der Waals surface area contributed by atoms with E-state index in [0.717, 1.165) is 182 Å². The van der Waals surface area contributed by atoms with Crippen molar-refractivity contribution in [1.29, 1.82) is 0 Å².